The van der Waals surface area contributed by atoms with E-state index in [0.717, 1.165) is 37.1 Å². The third-order valence-corrected chi connectivity index (χ3v) is 3.83. The number of aryl methyl sites for hydroxylation is 1. The Morgan fingerprint density at radius 2 is 2.11 bits per heavy atom. The fourth-order valence-corrected chi connectivity index (χ4v) is 2.50. The molecule has 0 radical (unpaired) electrons. The molecule has 0 amide bonds. The van der Waals surface area contributed by atoms with Gasteiger partial charge < -0.3 is 10.6 Å². The third-order valence-electron chi connectivity index (χ3n) is 3.83. The SMILES string of the molecule is CCc1nc(N)cc(N2CCC(C(C)(C)C)C2)n1. The van der Waals surface area contributed by atoms with Crippen molar-refractivity contribution in [3.8, 4) is 0 Å². The van der Waals surface area contributed by atoms with Gasteiger partial charge in [-0.25, -0.2) is 9.97 Å². The lowest BCUT2D eigenvalue weighted by molar-refractivity contribution is 0.263. The molecule has 1 aliphatic heterocycles. The molecule has 0 aliphatic carbocycles. The second-order valence-corrected chi connectivity index (χ2v) is 6.22. The summed E-state index contributed by atoms with van der Waals surface area (Å²) in [6, 6.07) is 1.89. The summed E-state index contributed by atoms with van der Waals surface area (Å²) in [5.74, 6) is 3.13. The van der Waals surface area contributed by atoms with Crippen LogP contribution in [0.2, 0.25) is 0 Å². The normalized spacial score (nSPS) is 20.4. The van der Waals surface area contributed by atoms with E-state index in [1.807, 2.05) is 6.07 Å². The summed E-state index contributed by atoms with van der Waals surface area (Å²) in [4.78, 5) is 11.2. The molecule has 4 heteroatoms. The summed E-state index contributed by atoms with van der Waals surface area (Å²) < 4.78 is 0. The van der Waals surface area contributed by atoms with Crippen LogP contribution < -0.4 is 10.6 Å². The molecule has 100 valence electrons. The summed E-state index contributed by atoms with van der Waals surface area (Å²) >= 11 is 0. The van der Waals surface area contributed by atoms with Crippen LogP contribution in [0.1, 0.15) is 39.9 Å². The van der Waals surface area contributed by atoms with Crippen molar-refractivity contribution >= 4 is 11.6 Å². The first-order valence-electron chi connectivity index (χ1n) is 6.78. The largest absolute Gasteiger partial charge is 0.384 e. The minimum absolute atomic E-state index is 0.362. The molecule has 0 bridgehead atoms. The Morgan fingerprint density at radius 3 is 2.67 bits per heavy atom. The van der Waals surface area contributed by atoms with Gasteiger partial charge >= 0.3 is 0 Å². The van der Waals surface area contributed by atoms with E-state index in [0.29, 0.717) is 11.2 Å². The highest BCUT2D eigenvalue weighted by atomic mass is 15.2. The number of hydrogen-bond acceptors (Lipinski definition) is 4. The second-order valence-electron chi connectivity index (χ2n) is 6.22. The molecule has 1 saturated heterocycles. The van der Waals surface area contributed by atoms with E-state index in [9.17, 15) is 0 Å². The Kier molecular flexibility index (Phi) is 3.46. The molecule has 1 aromatic rings. The summed E-state index contributed by atoms with van der Waals surface area (Å²) in [5, 5.41) is 0. The number of aromatic nitrogens is 2. The van der Waals surface area contributed by atoms with Crippen LogP contribution in [0.4, 0.5) is 11.6 Å². The van der Waals surface area contributed by atoms with Crippen molar-refractivity contribution < 1.29 is 0 Å². The number of hydrogen-bond donors (Lipinski definition) is 1. The number of nitrogens with two attached hydrogens (primary N) is 1. The first-order valence-corrected chi connectivity index (χ1v) is 6.78. The van der Waals surface area contributed by atoms with Gasteiger partial charge in [0.25, 0.3) is 0 Å². The van der Waals surface area contributed by atoms with Crippen molar-refractivity contribution in [1.82, 2.24) is 9.97 Å². The Morgan fingerprint density at radius 1 is 1.39 bits per heavy atom. The molecule has 1 aromatic heterocycles. The fourth-order valence-electron chi connectivity index (χ4n) is 2.50. The van der Waals surface area contributed by atoms with Crippen LogP contribution in [-0.4, -0.2) is 23.1 Å². The van der Waals surface area contributed by atoms with Gasteiger partial charge in [-0.2, -0.15) is 0 Å². The van der Waals surface area contributed by atoms with Gasteiger partial charge in [0, 0.05) is 25.6 Å². The van der Waals surface area contributed by atoms with Crippen molar-refractivity contribution in [2.45, 2.75) is 40.5 Å². The number of rotatable bonds is 2. The molecule has 1 atom stereocenters. The van der Waals surface area contributed by atoms with Crippen LogP contribution in [0.5, 0.6) is 0 Å². The highest BCUT2D eigenvalue weighted by Gasteiger charge is 2.32. The summed E-state index contributed by atoms with van der Waals surface area (Å²) in [5.41, 5.74) is 6.21. The van der Waals surface area contributed by atoms with Gasteiger partial charge in [-0.05, 0) is 17.8 Å². The van der Waals surface area contributed by atoms with Crippen LogP contribution in [0.15, 0.2) is 6.07 Å². The predicted octanol–water partition coefficient (Wildman–Crippen LogP) is 2.49. The maximum atomic E-state index is 5.85. The van der Waals surface area contributed by atoms with Gasteiger partial charge in [0.2, 0.25) is 0 Å². The molecule has 1 unspecified atom stereocenters. The average molecular weight is 248 g/mol. The van der Waals surface area contributed by atoms with Crippen molar-refractivity contribution in [2.24, 2.45) is 11.3 Å². The minimum Gasteiger partial charge on any atom is -0.384 e. The van der Waals surface area contributed by atoms with Crippen LogP contribution in [0, 0.1) is 11.3 Å². The summed E-state index contributed by atoms with van der Waals surface area (Å²) in [6.07, 6.45) is 2.06. The topological polar surface area (TPSA) is 55.0 Å². The molecular formula is C14H24N4. The lowest BCUT2D eigenvalue weighted by Crippen LogP contribution is -2.26. The maximum Gasteiger partial charge on any atom is 0.134 e. The molecule has 1 fully saturated rings. The zero-order valence-electron chi connectivity index (χ0n) is 11.9. The van der Waals surface area contributed by atoms with Crippen molar-refractivity contribution in [3.05, 3.63) is 11.9 Å². The number of anilines is 2. The average Bonchev–Trinajstić information content (AvgIpc) is 2.77. The molecule has 2 rings (SSSR count). The van der Waals surface area contributed by atoms with Crippen LogP contribution >= 0.6 is 0 Å². The predicted molar refractivity (Wildman–Crippen MR) is 75.6 cm³/mol. The van der Waals surface area contributed by atoms with Crippen molar-refractivity contribution in [2.75, 3.05) is 23.7 Å². The second kappa shape index (κ2) is 4.75. The summed E-state index contributed by atoms with van der Waals surface area (Å²) in [7, 11) is 0. The zero-order chi connectivity index (χ0) is 13.3. The van der Waals surface area contributed by atoms with Gasteiger partial charge in [-0.1, -0.05) is 27.7 Å². The molecular weight excluding hydrogens is 224 g/mol. The van der Waals surface area contributed by atoms with Crippen molar-refractivity contribution in [3.63, 3.8) is 0 Å². The monoisotopic (exact) mass is 248 g/mol. The molecule has 1 aliphatic rings. The lowest BCUT2D eigenvalue weighted by Gasteiger charge is -2.27. The van der Waals surface area contributed by atoms with E-state index in [2.05, 4.69) is 42.6 Å². The number of nitrogen functional groups attached to an aromatic ring is 1. The summed E-state index contributed by atoms with van der Waals surface area (Å²) in [6.45, 7) is 11.1. The third kappa shape index (κ3) is 2.74. The molecule has 0 aromatic carbocycles. The van der Waals surface area contributed by atoms with Gasteiger partial charge in [0.1, 0.15) is 17.5 Å². The van der Waals surface area contributed by atoms with E-state index in [1.54, 1.807) is 0 Å². The van der Waals surface area contributed by atoms with Gasteiger partial charge in [0.15, 0.2) is 0 Å². The smallest absolute Gasteiger partial charge is 0.134 e. The highest BCUT2D eigenvalue weighted by Crippen LogP contribution is 2.35. The van der Waals surface area contributed by atoms with Crippen LogP contribution in [0.25, 0.3) is 0 Å². The van der Waals surface area contributed by atoms with E-state index in [-0.39, 0.29) is 0 Å². The lowest BCUT2D eigenvalue weighted by atomic mass is 9.80. The van der Waals surface area contributed by atoms with Crippen LogP contribution in [0.3, 0.4) is 0 Å². The molecule has 18 heavy (non-hydrogen) atoms. The Labute approximate surface area is 110 Å². The Balaban J connectivity index is 2.16. The Hall–Kier alpha value is -1.32. The van der Waals surface area contributed by atoms with Gasteiger partial charge in [-0.15, -0.1) is 0 Å². The number of nitrogens with zero attached hydrogens (tertiary/aromatic N) is 3. The molecule has 2 heterocycles. The van der Waals surface area contributed by atoms with E-state index in [1.165, 1.54) is 6.42 Å². The molecule has 2 N–H and O–H groups in total. The minimum atomic E-state index is 0.362. The van der Waals surface area contributed by atoms with Crippen molar-refractivity contribution in [1.29, 1.82) is 0 Å². The van der Waals surface area contributed by atoms with E-state index in [4.69, 9.17) is 5.73 Å². The fraction of sp³-hybridized carbons (Fsp3) is 0.714. The first-order chi connectivity index (χ1) is 8.40. The van der Waals surface area contributed by atoms with E-state index < -0.39 is 0 Å². The Bertz CT molecular complexity index is 422. The van der Waals surface area contributed by atoms with Gasteiger partial charge in [0.05, 0.1) is 0 Å². The zero-order valence-corrected chi connectivity index (χ0v) is 11.9. The molecule has 4 nitrogen and oxygen atoms in total. The highest BCUT2D eigenvalue weighted by molar-refractivity contribution is 5.47. The first kappa shape index (κ1) is 13.1. The van der Waals surface area contributed by atoms with Crippen LogP contribution in [-0.2, 0) is 6.42 Å². The van der Waals surface area contributed by atoms with E-state index >= 15 is 0 Å². The molecule has 0 spiro atoms. The quantitative estimate of drug-likeness (QED) is 0.873. The maximum absolute atomic E-state index is 5.85. The standard InChI is InChI=1S/C14H24N4/c1-5-12-16-11(15)8-13(17-12)18-7-6-10(9-18)14(2,3)4/h8,10H,5-7,9H2,1-4H3,(H2,15,16,17). The molecule has 0 saturated carbocycles. The van der Waals surface area contributed by atoms with Gasteiger partial charge in [-0.3, -0.25) is 0 Å².